The molecule has 2 heterocycles. The van der Waals surface area contributed by atoms with Gasteiger partial charge < -0.3 is 5.32 Å². The van der Waals surface area contributed by atoms with Gasteiger partial charge in [-0.3, -0.25) is 19.1 Å². The van der Waals surface area contributed by atoms with Gasteiger partial charge >= 0.3 is 6.18 Å². The molecule has 1 N–H and O–H groups in total. The molecule has 190 valence electrons. The summed E-state index contributed by atoms with van der Waals surface area (Å²) in [7, 11) is 1.46. The molecule has 4 aromatic rings. The third-order valence-corrected chi connectivity index (χ3v) is 6.60. The van der Waals surface area contributed by atoms with E-state index in [0.717, 1.165) is 37.3 Å². The lowest BCUT2D eigenvalue weighted by Crippen LogP contribution is -2.22. The number of para-hydroxylation sites is 1. The number of carbonyl (C=O) groups is 1. The molecule has 0 saturated carbocycles. The number of rotatable bonds is 5. The molecule has 1 fully saturated rings. The van der Waals surface area contributed by atoms with Gasteiger partial charge in [0.1, 0.15) is 11.3 Å². The van der Waals surface area contributed by atoms with E-state index < -0.39 is 17.3 Å². The molecule has 0 spiro atoms. The molecule has 0 bridgehead atoms. The number of aromatic nitrogens is 2. The van der Waals surface area contributed by atoms with E-state index in [-0.39, 0.29) is 28.2 Å². The fourth-order valence-electron chi connectivity index (χ4n) is 4.69. The van der Waals surface area contributed by atoms with Gasteiger partial charge in [-0.05, 0) is 67.9 Å². The molecule has 9 heteroatoms. The Hall–Kier alpha value is -3.98. The average molecular weight is 507 g/mol. The first-order valence-electron chi connectivity index (χ1n) is 12.0. The molecule has 0 aliphatic carbocycles. The van der Waals surface area contributed by atoms with Crippen LogP contribution in [0.25, 0.3) is 22.3 Å². The molecule has 37 heavy (non-hydrogen) atoms. The topological polar surface area (TPSA) is 67.2 Å². The van der Waals surface area contributed by atoms with Crippen molar-refractivity contribution in [3.8, 4) is 11.4 Å². The first-order chi connectivity index (χ1) is 17.7. The van der Waals surface area contributed by atoms with Crippen molar-refractivity contribution >= 4 is 22.5 Å². The molecule has 0 atom stereocenters. The van der Waals surface area contributed by atoms with Crippen molar-refractivity contribution < 1.29 is 18.0 Å². The van der Waals surface area contributed by atoms with Crippen molar-refractivity contribution in [1.29, 1.82) is 0 Å². The monoisotopic (exact) mass is 506 g/mol. The number of hydrogen-bond donors (Lipinski definition) is 1. The van der Waals surface area contributed by atoms with Gasteiger partial charge in [-0.25, -0.2) is 4.98 Å². The van der Waals surface area contributed by atoms with Crippen LogP contribution in [-0.4, -0.2) is 33.4 Å². The molecule has 1 aliphatic rings. The second-order valence-electron chi connectivity index (χ2n) is 9.22. The standard InChI is InChI=1S/C28H25F3N4O2/c1-34-25(19-8-5-10-21(16-19)28(29,30)31)33-24-22(27(34)37)11-6-12-23(24)32-26(36)20-9-4-7-18(15-20)17-35-13-2-3-14-35/h4-12,15-16H,2-3,13-14,17H2,1H3,(H,32,36). The molecular formula is C28H25F3N4O2. The van der Waals surface area contributed by atoms with Crippen LogP contribution < -0.4 is 10.9 Å². The van der Waals surface area contributed by atoms with Crippen LogP contribution in [0.5, 0.6) is 0 Å². The zero-order valence-electron chi connectivity index (χ0n) is 20.2. The molecular weight excluding hydrogens is 481 g/mol. The number of hydrogen-bond acceptors (Lipinski definition) is 4. The highest BCUT2D eigenvalue weighted by Gasteiger charge is 2.31. The molecule has 3 aromatic carbocycles. The molecule has 1 aromatic heterocycles. The highest BCUT2D eigenvalue weighted by atomic mass is 19.4. The van der Waals surface area contributed by atoms with Crippen LogP contribution in [0.3, 0.4) is 0 Å². The van der Waals surface area contributed by atoms with Crippen molar-refractivity contribution in [1.82, 2.24) is 14.5 Å². The van der Waals surface area contributed by atoms with Gasteiger partial charge in [-0.2, -0.15) is 13.2 Å². The normalized spacial score (nSPS) is 14.3. The van der Waals surface area contributed by atoms with Gasteiger partial charge in [-0.15, -0.1) is 0 Å². The van der Waals surface area contributed by atoms with Crippen molar-refractivity contribution in [2.24, 2.45) is 7.05 Å². The Balaban J connectivity index is 1.50. The summed E-state index contributed by atoms with van der Waals surface area (Å²) in [5, 5.41) is 3.09. The van der Waals surface area contributed by atoms with Gasteiger partial charge in [0, 0.05) is 24.7 Å². The smallest absolute Gasteiger partial charge is 0.320 e. The second kappa shape index (κ2) is 9.82. The van der Waals surface area contributed by atoms with Crippen LogP contribution in [0.4, 0.5) is 18.9 Å². The largest absolute Gasteiger partial charge is 0.416 e. The first-order valence-corrected chi connectivity index (χ1v) is 12.0. The minimum absolute atomic E-state index is 0.0675. The summed E-state index contributed by atoms with van der Waals surface area (Å²) in [6.45, 7) is 2.86. The van der Waals surface area contributed by atoms with Gasteiger partial charge in [0.15, 0.2) is 0 Å². The molecule has 5 rings (SSSR count). The van der Waals surface area contributed by atoms with Crippen LogP contribution in [-0.2, 0) is 19.8 Å². The molecule has 1 aliphatic heterocycles. The SMILES string of the molecule is Cn1c(-c2cccc(C(F)(F)F)c2)nc2c(NC(=O)c3cccc(CN4CCCC4)c3)cccc2c1=O. The summed E-state index contributed by atoms with van der Waals surface area (Å²) in [4.78, 5) is 33.1. The molecule has 1 amide bonds. The van der Waals surface area contributed by atoms with E-state index in [1.165, 1.54) is 36.6 Å². The van der Waals surface area contributed by atoms with Crippen molar-refractivity contribution in [2.45, 2.75) is 25.6 Å². The average Bonchev–Trinajstić information content (AvgIpc) is 3.39. The fourth-order valence-corrected chi connectivity index (χ4v) is 4.69. The van der Waals surface area contributed by atoms with Crippen LogP contribution in [0.2, 0.25) is 0 Å². The zero-order chi connectivity index (χ0) is 26.2. The second-order valence-corrected chi connectivity index (χ2v) is 9.22. The summed E-state index contributed by atoms with van der Waals surface area (Å²) in [6, 6.07) is 16.9. The van der Waals surface area contributed by atoms with Crippen LogP contribution >= 0.6 is 0 Å². The molecule has 0 radical (unpaired) electrons. The van der Waals surface area contributed by atoms with Crippen molar-refractivity contribution in [2.75, 3.05) is 18.4 Å². The van der Waals surface area contributed by atoms with Crippen molar-refractivity contribution in [3.05, 3.63) is 93.8 Å². The van der Waals surface area contributed by atoms with E-state index in [1.54, 1.807) is 24.3 Å². The predicted octanol–water partition coefficient (Wildman–Crippen LogP) is 5.47. The molecule has 0 unspecified atom stereocenters. The highest BCUT2D eigenvalue weighted by molar-refractivity contribution is 6.08. The predicted molar refractivity (Wildman–Crippen MR) is 136 cm³/mol. The third kappa shape index (κ3) is 5.13. The van der Waals surface area contributed by atoms with E-state index in [2.05, 4.69) is 15.2 Å². The minimum atomic E-state index is -4.53. The van der Waals surface area contributed by atoms with Crippen LogP contribution in [0.15, 0.2) is 71.5 Å². The number of amides is 1. The number of halogens is 3. The number of fused-ring (bicyclic) bond motifs is 1. The van der Waals surface area contributed by atoms with E-state index in [0.29, 0.717) is 11.3 Å². The van der Waals surface area contributed by atoms with Crippen LogP contribution in [0, 0.1) is 0 Å². The number of alkyl halides is 3. The lowest BCUT2D eigenvalue weighted by Gasteiger charge is -2.15. The summed E-state index contributed by atoms with van der Waals surface area (Å²) in [5.74, 6) is -0.295. The first kappa shape index (κ1) is 24.7. The lowest BCUT2D eigenvalue weighted by molar-refractivity contribution is -0.137. The lowest BCUT2D eigenvalue weighted by atomic mass is 10.1. The Morgan fingerprint density at radius 1 is 1.00 bits per heavy atom. The third-order valence-electron chi connectivity index (χ3n) is 6.60. The summed E-state index contributed by atoms with van der Waals surface area (Å²) < 4.78 is 41.1. The van der Waals surface area contributed by atoms with Crippen LogP contribution in [0.1, 0.15) is 34.3 Å². The Morgan fingerprint density at radius 3 is 2.49 bits per heavy atom. The summed E-state index contributed by atoms with van der Waals surface area (Å²) in [6.07, 6.45) is -2.18. The maximum absolute atomic E-state index is 13.3. The Labute approximate surface area is 211 Å². The quantitative estimate of drug-likeness (QED) is 0.390. The maximum atomic E-state index is 13.3. The number of likely N-dealkylation sites (tertiary alicyclic amines) is 1. The number of benzene rings is 3. The van der Waals surface area contributed by atoms with Crippen molar-refractivity contribution in [3.63, 3.8) is 0 Å². The Bertz CT molecular complexity index is 1540. The van der Waals surface area contributed by atoms with E-state index in [9.17, 15) is 22.8 Å². The minimum Gasteiger partial charge on any atom is -0.320 e. The van der Waals surface area contributed by atoms with Gasteiger partial charge in [0.05, 0.1) is 16.6 Å². The van der Waals surface area contributed by atoms with Gasteiger partial charge in [-0.1, -0.05) is 30.3 Å². The fraction of sp³-hybridized carbons (Fsp3) is 0.250. The van der Waals surface area contributed by atoms with Gasteiger partial charge in [0.2, 0.25) is 0 Å². The Kier molecular flexibility index (Phi) is 6.55. The zero-order valence-corrected chi connectivity index (χ0v) is 20.2. The molecule has 1 saturated heterocycles. The summed E-state index contributed by atoms with van der Waals surface area (Å²) >= 11 is 0. The summed E-state index contributed by atoms with van der Waals surface area (Å²) in [5.41, 5.74) is 0.892. The highest BCUT2D eigenvalue weighted by Crippen LogP contribution is 2.32. The van der Waals surface area contributed by atoms with E-state index in [4.69, 9.17) is 0 Å². The van der Waals surface area contributed by atoms with E-state index >= 15 is 0 Å². The van der Waals surface area contributed by atoms with E-state index in [1.807, 2.05) is 18.2 Å². The Morgan fingerprint density at radius 2 is 1.73 bits per heavy atom. The number of anilines is 1. The maximum Gasteiger partial charge on any atom is 0.416 e. The number of nitrogens with one attached hydrogen (secondary N) is 1. The number of nitrogens with zero attached hydrogens (tertiary/aromatic N) is 3. The molecule has 6 nitrogen and oxygen atoms in total. The van der Waals surface area contributed by atoms with Gasteiger partial charge in [0.25, 0.3) is 11.5 Å². The number of carbonyl (C=O) groups excluding carboxylic acids is 1.